The first-order chi connectivity index (χ1) is 13.8. The minimum atomic E-state index is -4.70. The summed E-state index contributed by atoms with van der Waals surface area (Å²) in [5, 5.41) is 3.93. The second-order valence-corrected chi connectivity index (χ2v) is 9.32. The van der Waals surface area contributed by atoms with Gasteiger partial charge in [0.25, 0.3) is 5.91 Å². The molecule has 0 radical (unpaired) electrons. The van der Waals surface area contributed by atoms with Gasteiger partial charge in [0.2, 0.25) is 10.0 Å². The molecule has 1 aliphatic heterocycles. The van der Waals surface area contributed by atoms with Gasteiger partial charge in [0.15, 0.2) is 0 Å². The van der Waals surface area contributed by atoms with E-state index in [0.29, 0.717) is 23.0 Å². The molecule has 1 aromatic carbocycles. The van der Waals surface area contributed by atoms with Gasteiger partial charge in [-0.05, 0) is 32.0 Å². The van der Waals surface area contributed by atoms with Crippen molar-refractivity contribution in [3.05, 3.63) is 45.7 Å². The van der Waals surface area contributed by atoms with Crippen molar-refractivity contribution in [2.75, 3.05) is 26.2 Å². The van der Waals surface area contributed by atoms with Crippen LogP contribution in [0.2, 0.25) is 5.02 Å². The molecule has 0 spiro atoms. The average Bonchev–Trinajstić information content (AvgIpc) is 2.92. The van der Waals surface area contributed by atoms with Crippen molar-refractivity contribution in [2.24, 2.45) is 7.05 Å². The number of sulfonamides is 1. The van der Waals surface area contributed by atoms with Crippen molar-refractivity contribution < 1.29 is 26.4 Å². The van der Waals surface area contributed by atoms with Gasteiger partial charge in [0.05, 0.1) is 21.8 Å². The van der Waals surface area contributed by atoms with Gasteiger partial charge in [-0.25, -0.2) is 8.42 Å². The molecule has 0 unspecified atom stereocenters. The highest BCUT2D eigenvalue weighted by Gasteiger charge is 2.36. The minimum Gasteiger partial charge on any atom is -0.336 e. The van der Waals surface area contributed by atoms with E-state index in [1.54, 1.807) is 25.6 Å². The molecule has 3 rings (SSSR count). The Labute approximate surface area is 177 Å². The Kier molecular flexibility index (Phi) is 5.91. The van der Waals surface area contributed by atoms with E-state index >= 15 is 0 Å². The summed E-state index contributed by atoms with van der Waals surface area (Å²) in [6, 6.07) is 2.19. The first-order valence-corrected chi connectivity index (χ1v) is 10.8. The maximum Gasteiger partial charge on any atom is 0.416 e. The highest BCUT2D eigenvalue weighted by Crippen LogP contribution is 2.34. The maximum atomic E-state index is 13.0. The van der Waals surface area contributed by atoms with E-state index in [1.165, 1.54) is 4.90 Å². The van der Waals surface area contributed by atoms with Crippen molar-refractivity contribution >= 4 is 27.5 Å². The first kappa shape index (κ1) is 22.6. The fraction of sp³-hybridized carbons (Fsp3) is 0.444. The van der Waals surface area contributed by atoms with Crippen LogP contribution in [-0.4, -0.2) is 59.5 Å². The monoisotopic (exact) mass is 464 g/mol. The Morgan fingerprint density at radius 2 is 1.73 bits per heavy atom. The van der Waals surface area contributed by atoms with E-state index in [1.807, 2.05) is 0 Å². The summed E-state index contributed by atoms with van der Waals surface area (Å²) in [6.07, 6.45) is -4.70. The molecule has 2 heterocycles. The molecular formula is C18H20ClF3N4O3S. The smallest absolute Gasteiger partial charge is 0.336 e. The second kappa shape index (κ2) is 7.86. The van der Waals surface area contributed by atoms with Crippen molar-refractivity contribution in [3.8, 4) is 0 Å². The number of nitrogens with zero attached hydrogens (tertiary/aromatic N) is 4. The van der Waals surface area contributed by atoms with Gasteiger partial charge in [0.1, 0.15) is 4.90 Å². The van der Waals surface area contributed by atoms with Gasteiger partial charge in [-0.2, -0.15) is 22.6 Å². The molecule has 0 bridgehead atoms. The van der Waals surface area contributed by atoms with Gasteiger partial charge in [0, 0.05) is 38.9 Å². The molecular weight excluding hydrogens is 445 g/mol. The normalized spacial score (nSPS) is 16.2. The lowest BCUT2D eigenvalue weighted by Crippen LogP contribution is -2.50. The van der Waals surface area contributed by atoms with Crippen LogP contribution in [0.4, 0.5) is 13.2 Å². The van der Waals surface area contributed by atoms with Crippen LogP contribution < -0.4 is 0 Å². The third-order valence-corrected chi connectivity index (χ3v) is 7.51. The molecule has 0 saturated carbocycles. The molecule has 2 aromatic rings. The molecule has 0 atom stereocenters. The van der Waals surface area contributed by atoms with E-state index in [9.17, 15) is 26.4 Å². The molecule has 0 N–H and O–H groups in total. The number of amides is 1. The van der Waals surface area contributed by atoms with Crippen molar-refractivity contribution in [1.29, 1.82) is 0 Å². The highest BCUT2D eigenvalue weighted by atomic mass is 35.5. The van der Waals surface area contributed by atoms with Crippen LogP contribution in [0, 0.1) is 13.8 Å². The maximum absolute atomic E-state index is 13.0. The van der Waals surface area contributed by atoms with Crippen LogP contribution in [-0.2, 0) is 23.2 Å². The topological polar surface area (TPSA) is 75.5 Å². The third-order valence-electron chi connectivity index (χ3n) is 5.13. The molecule has 1 aromatic heterocycles. The number of hydrogen-bond donors (Lipinski definition) is 0. The lowest BCUT2D eigenvalue weighted by molar-refractivity contribution is -0.137. The Morgan fingerprint density at radius 3 is 2.23 bits per heavy atom. The SMILES string of the molecule is Cc1nn(C)c(C)c1C(=O)N1CCN(S(=O)(=O)c2cc(C(F)(F)F)ccc2Cl)CC1. The first-order valence-electron chi connectivity index (χ1n) is 9.00. The van der Waals surface area contributed by atoms with Gasteiger partial charge in [-0.15, -0.1) is 0 Å². The zero-order valence-electron chi connectivity index (χ0n) is 16.5. The summed E-state index contributed by atoms with van der Waals surface area (Å²) in [4.78, 5) is 13.8. The molecule has 1 fully saturated rings. The molecule has 1 amide bonds. The van der Waals surface area contributed by atoms with Crippen LogP contribution in [0.1, 0.15) is 27.3 Å². The van der Waals surface area contributed by atoms with Crippen LogP contribution in [0.15, 0.2) is 23.1 Å². The number of halogens is 4. The van der Waals surface area contributed by atoms with Crippen molar-refractivity contribution in [2.45, 2.75) is 24.9 Å². The summed E-state index contributed by atoms with van der Waals surface area (Å²) >= 11 is 5.90. The number of aromatic nitrogens is 2. The second-order valence-electron chi connectivity index (χ2n) is 7.01. The quantitative estimate of drug-likeness (QED) is 0.700. The van der Waals surface area contributed by atoms with Gasteiger partial charge in [-0.3, -0.25) is 9.48 Å². The van der Waals surface area contributed by atoms with E-state index in [4.69, 9.17) is 11.6 Å². The molecule has 12 heteroatoms. The zero-order valence-corrected chi connectivity index (χ0v) is 18.1. The summed E-state index contributed by atoms with van der Waals surface area (Å²) in [5.74, 6) is -0.257. The predicted octanol–water partition coefficient (Wildman–Crippen LogP) is 2.86. The third kappa shape index (κ3) is 4.06. The number of carbonyl (C=O) groups is 1. The van der Waals surface area contributed by atoms with Crippen molar-refractivity contribution in [1.82, 2.24) is 19.0 Å². The number of aryl methyl sites for hydroxylation is 2. The number of rotatable bonds is 3. The van der Waals surface area contributed by atoms with Gasteiger partial charge >= 0.3 is 6.18 Å². The average molecular weight is 465 g/mol. The molecule has 0 aliphatic carbocycles. The number of hydrogen-bond acceptors (Lipinski definition) is 4. The summed E-state index contributed by atoms with van der Waals surface area (Å²) in [6.45, 7) is 3.57. The van der Waals surface area contributed by atoms with Crippen molar-refractivity contribution in [3.63, 3.8) is 0 Å². The van der Waals surface area contributed by atoms with E-state index in [-0.39, 0.29) is 37.1 Å². The summed E-state index contributed by atoms with van der Waals surface area (Å²) < 4.78 is 67.4. The van der Waals surface area contributed by atoms with E-state index in [2.05, 4.69) is 5.10 Å². The number of piperazine rings is 1. The number of carbonyl (C=O) groups excluding carboxylic acids is 1. The highest BCUT2D eigenvalue weighted by molar-refractivity contribution is 7.89. The standard InChI is InChI=1S/C18H20ClF3N4O3S/c1-11-16(12(2)24(3)23-11)17(27)25-6-8-26(9-7-25)30(28,29)15-10-13(18(20,21)22)4-5-14(15)19/h4-5,10H,6-9H2,1-3H3. The molecule has 1 aliphatic rings. The number of benzene rings is 1. The largest absolute Gasteiger partial charge is 0.416 e. The Hall–Kier alpha value is -2.11. The Morgan fingerprint density at radius 1 is 1.13 bits per heavy atom. The summed E-state index contributed by atoms with van der Waals surface area (Å²) in [5.41, 5.74) is 0.644. The fourth-order valence-corrected chi connectivity index (χ4v) is 5.31. The Bertz CT molecular complexity index is 1090. The van der Waals surface area contributed by atoms with Gasteiger partial charge in [-0.1, -0.05) is 11.6 Å². The van der Waals surface area contributed by atoms with Gasteiger partial charge < -0.3 is 4.90 Å². The van der Waals surface area contributed by atoms with E-state index in [0.717, 1.165) is 16.4 Å². The van der Waals surface area contributed by atoms with Crippen LogP contribution in [0.3, 0.4) is 0 Å². The fourth-order valence-electron chi connectivity index (χ4n) is 3.39. The Balaban J connectivity index is 1.80. The number of alkyl halides is 3. The molecule has 7 nitrogen and oxygen atoms in total. The molecule has 30 heavy (non-hydrogen) atoms. The zero-order chi connectivity index (χ0) is 22.4. The lowest BCUT2D eigenvalue weighted by atomic mass is 10.1. The summed E-state index contributed by atoms with van der Waals surface area (Å²) in [7, 11) is -2.53. The molecule has 1 saturated heterocycles. The lowest BCUT2D eigenvalue weighted by Gasteiger charge is -2.34. The molecule has 164 valence electrons. The minimum absolute atomic E-state index is 0.0565. The predicted molar refractivity (Wildman–Crippen MR) is 104 cm³/mol. The van der Waals surface area contributed by atoms with Crippen LogP contribution >= 0.6 is 11.6 Å². The van der Waals surface area contributed by atoms with E-state index < -0.39 is 26.7 Å². The van der Waals surface area contributed by atoms with Crippen LogP contribution in [0.25, 0.3) is 0 Å². The van der Waals surface area contributed by atoms with Crippen LogP contribution in [0.5, 0.6) is 0 Å².